The van der Waals surface area contributed by atoms with Crippen LogP contribution in [0.2, 0.25) is 0 Å². The van der Waals surface area contributed by atoms with Gasteiger partial charge in [0.25, 0.3) is 0 Å². The molecule has 7 N–H and O–H groups in total. The van der Waals surface area contributed by atoms with Crippen LogP contribution in [-0.2, 0) is 33.6 Å². The Morgan fingerprint density at radius 1 is 0.379 bits per heavy atom. The monoisotopic (exact) mass is 420 g/mol. The molecule has 0 unspecified atom stereocenters. The average molecular weight is 420 g/mol. The largest absolute Gasteiger partial charge is 0.478 e. The second-order valence-electron chi connectivity index (χ2n) is 3.57. The van der Waals surface area contributed by atoms with Crippen molar-refractivity contribution in [2.45, 2.75) is 0 Å². The van der Waals surface area contributed by atoms with Gasteiger partial charge in [0, 0.05) is 42.5 Å². The number of carboxylic acids is 7. The van der Waals surface area contributed by atoms with E-state index in [1.807, 2.05) is 0 Å². The topological polar surface area (TPSA) is 261 Å². The lowest BCUT2D eigenvalue weighted by molar-refractivity contribution is -0.134. The minimum Gasteiger partial charge on any atom is -0.478 e. The molecule has 0 aliphatic heterocycles. The van der Waals surface area contributed by atoms with Crippen LogP contribution < -0.4 is 0 Å². The van der Waals surface area contributed by atoms with Crippen molar-refractivity contribution in [2.24, 2.45) is 0 Å². The standard InChI is InChI=1S/3C4H4O4.C3H4O2/c3*5-3(6)1-2-4(7)8;1-2-3(4)5/h3*1-2H,(H,5,6)(H,7,8);2H,1H2,(H,4,5). The van der Waals surface area contributed by atoms with Crippen LogP contribution in [0.3, 0.4) is 0 Å². The van der Waals surface area contributed by atoms with Gasteiger partial charge in [-0.1, -0.05) is 6.58 Å². The van der Waals surface area contributed by atoms with E-state index in [1.165, 1.54) is 0 Å². The normalized spacial score (nSPS) is 8.97. The molecule has 0 saturated heterocycles. The molecule has 14 heteroatoms. The lowest BCUT2D eigenvalue weighted by Gasteiger charge is -1.74. The smallest absolute Gasteiger partial charge is 0.328 e. The minimum absolute atomic E-state index is 0.558. The van der Waals surface area contributed by atoms with E-state index in [0.29, 0.717) is 36.5 Å². The fraction of sp³-hybridized carbons (Fsp3) is 0. The summed E-state index contributed by atoms with van der Waals surface area (Å²) < 4.78 is 0. The third-order valence-corrected chi connectivity index (χ3v) is 1.28. The Labute approximate surface area is 161 Å². The number of rotatable bonds is 7. The van der Waals surface area contributed by atoms with Gasteiger partial charge in [0.2, 0.25) is 0 Å². The average Bonchev–Trinajstić information content (AvgIpc) is 2.58. The van der Waals surface area contributed by atoms with E-state index >= 15 is 0 Å². The Bertz CT molecular complexity index is 567. The predicted molar refractivity (Wildman–Crippen MR) is 91.1 cm³/mol. The maximum Gasteiger partial charge on any atom is 0.328 e. The Balaban J connectivity index is -0.000000146. The summed E-state index contributed by atoms with van der Waals surface area (Å²) in [6, 6.07) is 0. The molecule has 0 amide bonds. The molecule has 0 saturated carbocycles. The minimum atomic E-state index is -1.26. The van der Waals surface area contributed by atoms with Crippen LogP contribution in [0.1, 0.15) is 0 Å². The van der Waals surface area contributed by atoms with Crippen molar-refractivity contribution < 1.29 is 69.3 Å². The summed E-state index contributed by atoms with van der Waals surface area (Å²) in [4.78, 5) is 66.6. The molecule has 0 heterocycles. The van der Waals surface area contributed by atoms with Gasteiger partial charge in [0.15, 0.2) is 0 Å². The second kappa shape index (κ2) is 21.3. The SMILES string of the molecule is C=CC(=O)O.O=C(O)C=CC(=O)O.O=C(O)C=CC(=O)O.O=C(O)C=CC(=O)O. The molecule has 14 nitrogen and oxygen atoms in total. The van der Waals surface area contributed by atoms with E-state index in [-0.39, 0.29) is 0 Å². The van der Waals surface area contributed by atoms with Crippen molar-refractivity contribution in [1.29, 1.82) is 0 Å². The molecular formula is C15H16O14. The number of aliphatic carboxylic acids is 7. The zero-order valence-corrected chi connectivity index (χ0v) is 14.2. The summed E-state index contributed by atoms with van der Waals surface area (Å²) >= 11 is 0. The van der Waals surface area contributed by atoms with Gasteiger partial charge in [-0.05, 0) is 0 Å². The maximum absolute atomic E-state index is 9.55. The third kappa shape index (κ3) is 70.0. The zero-order chi connectivity index (χ0) is 24.0. The Kier molecular flexibility index (Phi) is 23.5. The summed E-state index contributed by atoms with van der Waals surface area (Å²) in [7, 11) is 0. The van der Waals surface area contributed by atoms with Crippen molar-refractivity contribution in [1.82, 2.24) is 0 Å². The molecule has 0 radical (unpaired) electrons. The van der Waals surface area contributed by atoms with Crippen molar-refractivity contribution in [3.8, 4) is 0 Å². The van der Waals surface area contributed by atoms with E-state index in [2.05, 4.69) is 6.58 Å². The molecule has 29 heavy (non-hydrogen) atoms. The molecule has 0 aromatic rings. The summed E-state index contributed by atoms with van der Waals surface area (Å²) in [6.45, 7) is 2.96. The molecular weight excluding hydrogens is 404 g/mol. The van der Waals surface area contributed by atoms with Crippen LogP contribution in [0, 0.1) is 0 Å². The van der Waals surface area contributed by atoms with Crippen LogP contribution in [0.4, 0.5) is 0 Å². The number of hydrogen-bond acceptors (Lipinski definition) is 7. The molecule has 0 aromatic heterocycles. The van der Waals surface area contributed by atoms with E-state index < -0.39 is 41.8 Å². The fourth-order valence-corrected chi connectivity index (χ4v) is 0.428. The Morgan fingerprint density at radius 2 is 0.483 bits per heavy atom. The zero-order valence-electron chi connectivity index (χ0n) is 14.2. The van der Waals surface area contributed by atoms with Crippen LogP contribution in [0.15, 0.2) is 49.1 Å². The first-order chi connectivity index (χ1) is 13.1. The highest BCUT2D eigenvalue weighted by atomic mass is 16.4. The Morgan fingerprint density at radius 3 is 0.517 bits per heavy atom. The summed E-state index contributed by atoms with van der Waals surface area (Å²) in [6.07, 6.45) is 4.18. The number of carboxylic acid groups (broad SMARTS) is 7. The first-order valence-electron chi connectivity index (χ1n) is 6.42. The van der Waals surface area contributed by atoms with Gasteiger partial charge in [0.05, 0.1) is 0 Å². The van der Waals surface area contributed by atoms with Gasteiger partial charge < -0.3 is 35.7 Å². The van der Waals surface area contributed by atoms with E-state index in [1.54, 1.807) is 0 Å². The third-order valence-electron chi connectivity index (χ3n) is 1.28. The first kappa shape index (κ1) is 32.0. The molecule has 0 bridgehead atoms. The molecule has 0 atom stereocenters. The molecule has 160 valence electrons. The van der Waals surface area contributed by atoms with E-state index in [0.717, 1.165) is 6.08 Å². The predicted octanol–water partition coefficient (Wildman–Crippen LogP) is -0.608. The molecule has 0 fully saturated rings. The molecule has 0 aliphatic rings. The first-order valence-corrected chi connectivity index (χ1v) is 6.42. The highest BCUT2D eigenvalue weighted by molar-refractivity contribution is 5.90. The van der Waals surface area contributed by atoms with E-state index in [4.69, 9.17) is 35.7 Å². The summed E-state index contributed by atoms with van der Waals surface area (Å²) in [5.74, 6) is -8.52. The highest BCUT2D eigenvalue weighted by Crippen LogP contribution is 1.71. The molecule has 0 rings (SSSR count). The molecule has 0 spiro atoms. The second-order valence-corrected chi connectivity index (χ2v) is 3.57. The van der Waals surface area contributed by atoms with Gasteiger partial charge in [-0.2, -0.15) is 0 Å². The van der Waals surface area contributed by atoms with Crippen molar-refractivity contribution in [2.75, 3.05) is 0 Å². The summed E-state index contributed by atoms with van der Waals surface area (Å²) in [5, 5.41) is 54.5. The van der Waals surface area contributed by atoms with Crippen LogP contribution in [-0.4, -0.2) is 77.5 Å². The fourth-order valence-electron chi connectivity index (χ4n) is 0.428. The quantitative estimate of drug-likeness (QED) is 0.253. The van der Waals surface area contributed by atoms with Gasteiger partial charge in [-0.3, -0.25) is 0 Å². The van der Waals surface area contributed by atoms with Crippen LogP contribution in [0.5, 0.6) is 0 Å². The lowest BCUT2D eigenvalue weighted by atomic mass is 10.5. The van der Waals surface area contributed by atoms with Gasteiger partial charge in [-0.15, -0.1) is 0 Å². The highest BCUT2D eigenvalue weighted by Gasteiger charge is 1.89. The maximum atomic E-state index is 9.55. The number of hydrogen-bond donors (Lipinski definition) is 7. The van der Waals surface area contributed by atoms with Gasteiger partial charge in [0.1, 0.15) is 0 Å². The lowest BCUT2D eigenvalue weighted by Crippen LogP contribution is -1.91. The van der Waals surface area contributed by atoms with Crippen molar-refractivity contribution in [3.63, 3.8) is 0 Å². The summed E-state index contributed by atoms with van der Waals surface area (Å²) in [5.41, 5.74) is 0. The number of carbonyl (C=O) groups is 7. The molecule has 0 aliphatic carbocycles. The van der Waals surface area contributed by atoms with Crippen LogP contribution >= 0.6 is 0 Å². The van der Waals surface area contributed by atoms with Crippen LogP contribution in [0.25, 0.3) is 0 Å². The van der Waals surface area contributed by atoms with Crippen molar-refractivity contribution >= 4 is 41.8 Å². The van der Waals surface area contributed by atoms with Gasteiger partial charge >= 0.3 is 41.8 Å². The molecule has 0 aromatic carbocycles. The van der Waals surface area contributed by atoms with Gasteiger partial charge in [-0.25, -0.2) is 33.6 Å². The van der Waals surface area contributed by atoms with Crippen molar-refractivity contribution in [3.05, 3.63) is 49.1 Å². The Hall–Kier alpha value is -4.75. The van der Waals surface area contributed by atoms with E-state index in [9.17, 15) is 33.6 Å².